The number of halogens is 4. The van der Waals surface area contributed by atoms with Gasteiger partial charge >= 0.3 is 0 Å². The molecule has 0 aliphatic carbocycles. The number of carbonyl (C=O) groups excluding carboxylic acids is 1. The molecule has 0 fully saturated rings. The van der Waals surface area contributed by atoms with Gasteiger partial charge in [-0.15, -0.1) is 11.3 Å². The van der Waals surface area contributed by atoms with Crippen LogP contribution < -0.4 is 9.46 Å². The highest BCUT2D eigenvalue weighted by molar-refractivity contribution is 7.90. The molecule has 0 spiro atoms. The predicted octanol–water partition coefficient (Wildman–Crippen LogP) is 5.50. The SMILES string of the molecule is O=C(NS(=O)(=O)c1ccccc1)c1csc(Cc2cc(Cl)ccc2OCc2cc(F)c(F)cc2F)n1. The molecule has 36 heavy (non-hydrogen) atoms. The first-order valence-corrected chi connectivity index (χ1v) is 13.0. The number of carbonyl (C=O) groups is 1. The lowest BCUT2D eigenvalue weighted by Gasteiger charge is -2.12. The van der Waals surface area contributed by atoms with Crippen molar-refractivity contribution in [3.63, 3.8) is 0 Å². The number of sulfonamides is 1. The van der Waals surface area contributed by atoms with E-state index in [0.717, 1.165) is 17.4 Å². The number of thiazole rings is 1. The van der Waals surface area contributed by atoms with Gasteiger partial charge in [0, 0.05) is 34.0 Å². The van der Waals surface area contributed by atoms with Gasteiger partial charge in [0.2, 0.25) is 0 Å². The van der Waals surface area contributed by atoms with Crippen molar-refractivity contribution in [2.75, 3.05) is 0 Å². The fourth-order valence-corrected chi connectivity index (χ4v) is 5.12. The van der Waals surface area contributed by atoms with E-state index in [1.165, 1.54) is 41.8 Å². The summed E-state index contributed by atoms with van der Waals surface area (Å²) in [5.74, 6) is -4.06. The van der Waals surface area contributed by atoms with Gasteiger partial charge in [-0.3, -0.25) is 4.79 Å². The summed E-state index contributed by atoms with van der Waals surface area (Å²) in [6, 6.07) is 13.2. The summed E-state index contributed by atoms with van der Waals surface area (Å²) in [7, 11) is -4.07. The molecule has 0 unspecified atom stereocenters. The third-order valence-electron chi connectivity index (χ3n) is 4.90. The van der Waals surface area contributed by atoms with Crippen LogP contribution >= 0.6 is 22.9 Å². The van der Waals surface area contributed by atoms with E-state index in [9.17, 15) is 26.4 Å². The van der Waals surface area contributed by atoms with Gasteiger partial charge in [0.25, 0.3) is 15.9 Å². The van der Waals surface area contributed by atoms with Gasteiger partial charge in [-0.05, 0) is 36.4 Å². The highest BCUT2D eigenvalue weighted by atomic mass is 35.5. The van der Waals surface area contributed by atoms with Crippen molar-refractivity contribution in [2.45, 2.75) is 17.9 Å². The average molecular weight is 553 g/mol. The number of nitrogens with one attached hydrogen (secondary N) is 1. The molecule has 1 aromatic heterocycles. The summed E-state index contributed by atoms with van der Waals surface area (Å²) in [6.45, 7) is -0.374. The van der Waals surface area contributed by atoms with Crippen molar-refractivity contribution in [3.05, 3.63) is 110 Å². The molecule has 186 valence electrons. The van der Waals surface area contributed by atoms with Crippen LogP contribution in [0.5, 0.6) is 5.75 Å². The molecule has 1 amide bonds. The number of aromatic nitrogens is 1. The van der Waals surface area contributed by atoms with E-state index in [-0.39, 0.29) is 34.9 Å². The van der Waals surface area contributed by atoms with Gasteiger partial charge in [-0.1, -0.05) is 29.8 Å². The Morgan fingerprint density at radius 2 is 1.69 bits per heavy atom. The summed E-state index contributed by atoms with van der Waals surface area (Å²) < 4.78 is 73.0. The van der Waals surface area contributed by atoms with Crippen LogP contribution in [0.3, 0.4) is 0 Å². The summed E-state index contributed by atoms with van der Waals surface area (Å²) in [4.78, 5) is 16.6. The monoisotopic (exact) mass is 552 g/mol. The number of hydrogen-bond donors (Lipinski definition) is 1. The number of hydrogen-bond acceptors (Lipinski definition) is 6. The first-order valence-electron chi connectivity index (χ1n) is 10.2. The van der Waals surface area contributed by atoms with Crippen LogP contribution in [0.2, 0.25) is 5.02 Å². The lowest BCUT2D eigenvalue weighted by Crippen LogP contribution is -2.30. The zero-order valence-electron chi connectivity index (χ0n) is 18.2. The smallest absolute Gasteiger partial charge is 0.284 e. The van der Waals surface area contributed by atoms with Crippen LogP contribution in [0, 0.1) is 17.5 Å². The van der Waals surface area contributed by atoms with Crippen molar-refractivity contribution in [1.82, 2.24) is 9.71 Å². The second-order valence-electron chi connectivity index (χ2n) is 7.45. The number of nitrogens with zero attached hydrogens (tertiary/aromatic N) is 1. The highest BCUT2D eigenvalue weighted by Gasteiger charge is 2.21. The molecular formula is C24H16ClF3N2O4S2. The Bertz CT molecular complexity index is 1530. The average Bonchev–Trinajstić information content (AvgIpc) is 3.31. The maximum Gasteiger partial charge on any atom is 0.284 e. The van der Waals surface area contributed by atoms with E-state index in [2.05, 4.69) is 4.98 Å². The van der Waals surface area contributed by atoms with Crippen LogP contribution in [0.25, 0.3) is 0 Å². The van der Waals surface area contributed by atoms with E-state index in [1.807, 2.05) is 4.72 Å². The molecule has 0 aliphatic rings. The number of benzene rings is 3. The molecule has 4 aromatic rings. The topological polar surface area (TPSA) is 85.4 Å². The molecule has 1 heterocycles. The maximum absolute atomic E-state index is 14.0. The van der Waals surface area contributed by atoms with Gasteiger partial charge in [0.05, 0.1) is 9.90 Å². The van der Waals surface area contributed by atoms with Crippen LogP contribution in [0.4, 0.5) is 13.2 Å². The van der Waals surface area contributed by atoms with Gasteiger partial charge in [0.15, 0.2) is 11.6 Å². The maximum atomic E-state index is 14.0. The van der Waals surface area contributed by atoms with E-state index in [1.54, 1.807) is 12.1 Å². The molecule has 0 bridgehead atoms. The number of amides is 1. The molecule has 1 N–H and O–H groups in total. The molecule has 0 saturated heterocycles. The second-order valence-corrected chi connectivity index (χ2v) is 10.5. The molecule has 0 radical (unpaired) electrons. The zero-order chi connectivity index (χ0) is 25.9. The largest absolute Gasteiger partial charge is 0.488 e. The van der Waals surface area contributed by atoms with E-state index < -0.39 is 33.4 Å². The Morgan fingerprint density at radius 1 is 0.972 bits per heavy atom. The van der Waals surface area contributed by atoms with Crippen LogP contribution in [0.1, 0.15) is 26.6 Å². The van der Waals surface area contributed by atoms with Gasteiger partial charge < -0.3 is 4.74 Å². The van der Waals surface area contributed by atoms with Crippen LogP contribution in [0.15, 0.2) is 70.9 Å². The third-order valence-corrected chi connectivity index (χ3v) is 7.33. The zero-order valence-corrected chi connectivity index (χ0v) is 20.6. The minimum atomic E-state index is -4.07. The Balaban J connectivity index is 1.49. The Kier molecular flexibility index (Phi) is 7.62. The number of ether oxygens (including phenoxy) is 1. The Hall–Kier alpha value is -3.41. The lowest BCUT2D eigenvalue weighted by atomic mass is 10.1. The first-order chi connectivity index (χ1) is 17.1. The first kappa shape index (κ1) is 25.7. The number of rotatable bonds is 8. The molecular weight excluding hydrogens is 537 g/mol. The van der Waals surface area contributed by atoms with Crippen molar-refractivity contribution >= 4 is 38.9 Å². The van der Waals surface area contributed by atoms with Crippen molar-refractivity contribution in [3.8, 4) is 5.75 Å². The summed E-state index contributed by atoms with van der Waals surface area (Å²) in [5.41, 5.74) is 0.259. The molecule has 4 rings (SSSR count). The minimum absolute atomic E-state index is 0.0630. The second kappa shape index (κ2) is 10.7. The standard InChI is InChI=1S/C24H16ClF3N2O4S2/c25-16-6-7-22(34-12-15-9-19(27)20(28)11-18(15)26)14(8-16)10-23-29-21(13-35-23)24(31)30-36(32,33)17-4-2-1-3-5-17/h1-9,11,13H,10,12H2,(H,30,31). The Labute approximate surface area is 213 Å². The van der Waals surface area contributed by atoms with Gasteiger partial charge in [-0.25, -0.2) is 31.3 Å². The molecule has 0 aliphatic heterocycles. The predicted molar refractivity (Wildman–Crippen MR) is 128 cm³/mol. The third kappa shape index (κ3) is 6.04. The fourth-order valence-electron chi connectivity index (χ4n) is 3.15. The summed E-state index contributed by atoms with van der Waals surface area (Å²) in [6.07, 6.45) is 0.152. The normalized spacial score (nSPS) is 11.3. The van der Waals surface area contributed by atoms with Crippen LogP contribution in [-0.2, 0) is 23.1 Å². The van der Waals surface area contributed by atoms with Crippen LogP contribution in [-0.4, -0.2) is 19.3 Å². The molecule has 3 aromatic carbocycles. The molecule has 0 saturated carbocycles. The highest BCUT2D eigenvalue weighted by Crippen LogP contribution is 2.28. The Morgan fingerprint density at radius 3 is 2.44 bits per heavy atom. The van der Waals surface area contributed by atoms with Gasteiger partial charge in [0.1, 0.15) is 23.9 Å². The molecule has 6 nitrogen and oxygen atoms in total. The minimum Gasteiger partial charge on any atom is -0.488 e. The van der Waals surface area contributed by atoms with E-state index >= 15 is 0 Å². The van der Waals surface area contributed by atoms with E-state index in [4.69, 9.17) is 16.3 Å². The van der Waals surface area contributed by atoms with Gasteiger partial charge in [-0.2, -0.15) is 0 Å². The summed E-state index contributed by atoms with van der Waals surface area (Å²) in [5, 5.41) is 2.23. The molecule has 12 heteroatoms. The van der Waals surface area contributed by atoms with Crippen molar-refractivity contribution in [1.29, 1.82) is 0 Å². The summed E-state index contributed by atoms with van der Waals surface area (Å²) >= 11 is 7.21. The fraction of sp³-hybridized carbons (Fsp3) is 0.0833. The van der Waals surface area contributed by atoms with E-state index in [0.29, 0.717) is 21.7 Å². The van der Waals surface area contributed by atoms with Crippen molar-refractivity contribution < 1.29 is 31.1 Å². The lowest BCUT2D eigenvalue weighted by molar-refractivity contribution is 0.0977. The molecule has 0 atom stereocenters. The van der Waals surface area contributed by atoms with Crippen molar-refractivity contribution in [2.24, 2.45) is 0 Å². The quantitative estimate of drug-likeness (QED) is 0.292.